The van der Waals surface area contributed by atoms with Gasteiger partial charge in [-0.15, -0.1) is 0 Å². The molecule has 0 saturated heterocycles. The van der Waals surface area contributed by atoms with Crippen molar-refractivity contribution < 1.29 is 24.2 Å². The van der Waals surface area contributed by atoms with Gasteiger partial charge in [-0.1, -0.05) is 134 Å². The zero-order valence-electron chi connectivity index (χ0n) is 28.9. The van der Waals surface area contributed by atoms with Gasteiger partial charge in [-0.05, 0) is 70.6 Å². The number of rotatable bonds is 33. The molecule has 0 saturated carbocycles. The number of hydrogen-bond acceptors (Lipinski definition) is 5. The Morgan fingerprint density at radius 1 is 0.523 bits per heavy atom. The summed E-state index contributed by atoms with van der Waals surface area (Å²) in [4.78, 5) is 24.2. The minimum Gasteiger partial charge on any atom is -0.462 e. The summed E-state index contributed by atoms with van der Waals surface area (Å²) >= 11 is 0. The van der Waals surface area contributed by atoms with Crippen LogP contribution < -0.4 is 0 Å². The summed E-state index contributed by atoms with van der Waals surface area (Å²) in [5, 5.41) is 9.52. The van der Waals surface area contributed by atoms with Crippen LogP contribution in [0.1, 0.15) is 181 Å². The van der Waals surface area contributed by atoms with Gasteiger partial charge in [0.05, 0.1) is 6.61 Å². The molecule has 0 aliphatic heterocycles. The van der Waals surface area contributed by atoms with E-state index in [-0.39, 0.29) is 25.2 Å². The lowest BCUT2D eigenvalue weighted by Gasteiger charge is -2.15. The van der Waals surface area contributed by atoms with Crippen molar-refractivity contribution in [1.82, 2.24) is 0 Å². The first-order valence-corrected chi connectivity index (χ1v) is 18.5. The fraction of sp³-hybridized carbons (Fsp3) is 0.795. The Hall–Kier alpha value is -1.88. The van der Waals surface area contributed by atoms with Gasteiger partial charge >= 0.3 is 11.9 Å². The van der Waals surface area contributed by atoms with Crippen molar-refractivity contribution in [2.75, 3.05) is 13.2 Å². The van der Waals surface area contributed by atoms with E-state index in [1.165, 1.54) is 96.3 Å². The molecule has 0 spiro atoms. The summed E-state index contributed by atoms with van der Waals surface area (Å²) in [6.07, 6.45) is 41.9. The number of unbranched alkanes of at least 4 members (excludes halogenated alkanes) is 19. The van der Waals surface area contributed by atoms with Gasteiger partial charge in [0, 0.05) is 12.8 Å². The SMILES string of the molecule is CCCCCC=CCC=CCCCCCCCCCC(=O)OC[C@H](CO)OC(=O)CCCCCCCC=CCCCCCC. The predicted octanol–water partition coefficient (Wildman–Crippen LogP) is 11.3. The van der Waals surface area contributed by atoms with E-state index in [2.05, 4.69) is 50.3 Å². The number of carbonyl (C=O) groups excluding carboxylic acids is 2. The molecule has 0 aromatic rings. The summed E-state index contributed by atoms with van der Waals surface area (Å²) in [6, 6.07) is 0. The van der Waals surface area contributed by atoms with Crippen LogP contribution in [0.3, 0.4) is 0 Å². The smallest absolute Gasteiger partial charge is 0.306 e. The van der Waals surface area contributed by atoms with E-state index in [9.17, 15) is 14.7 Å². The highest BCUT2D eigenvalue weighted by Crippen LogP contribution is 2.12. The number of esters is 2. The van der Waals surface area contributed by atoms with Crippen molar-refractivity contribution in [2.24, 2.45) is 0 Å². The topological polar surface area (TPSA) is 72.8 Å². The van der Waals surface area contributed by atoms with Crippen LogP contribution in [0, 0.1) is 0 Å². The van der Waals surface area contributed by atoms with Crippen molar-refractivity contribution in [3.8, 4) is 0 Å². The second kappa shape index (κ2) is 35.6. The molecule has 0 rings (SSSR count). The molecule has 0 aliphatic carbocycles. The summed E-state index contributed by atoms with van der Waals surface area (Å²) in [5.74, 6) is -0.610. The number of hydrogen-bond donors (Lipinski definition) is 1. The van der Waals surface area contributed by atoms with Crippen molar-refractivity contribution in [2.45, 2.75) is 187 Å². The normalized spacial score (nSPS) is 12.5. The molecule has 0 amide bonds. The molecule has 5 nitrogen and oxygen atoms in total. The molecular weight excluding hydrogens is 548 g/mol. The third-order valence-corrected chi connectivity index (χ3v) is 7.91. The second-order valence-corrected chi connectivity index (χ2v) is 12.3. The van der Waals surface area contributed by atoms with Crippen molar-refractivity contribution in [1.29, 1.82) is 0 Å². The Labute approximate surface area is 272 Å². The number of aliphatic hydroxyl groups is 1. The maximum Gasteiger partial charge on any atom is 0.306 e. The van der Waals surface area contributed by atoms with Gasteiger partial charge in [-0.3, -0.25) is 9.59 Å². The number of allylic oxidation sites excluding steroid dienone is 6. The Balaban J connectivity index is 3.59. The average molecular weight is 619 g/mol. The Morgan fingerprint density at radius 3 is 1.41 bits per heavy atom. The molecule has 256 valence electrons. The van der Waals surface area contributed by atoms with Crippen LogP contribution >= 0.6 is 0 Å². The maximum atomic E-state index is 12.1. The monoisotopic (exact) mass is 619 g/mol. The minimum atomic E-state index is -0.776. The fourth-order valence-electron chi connectivity index (χ4n) is 5.05. The summed E-state index contributed by atoms with van der Waals surface area (Å²) in [7, 11) is 0. The molecule has 0 fully saturated rings. The van der Waals surface area contributed by atoms with Crippen molar-refractivity contribution in [3.05, 3.63) is 36.5 Å². The van der Waals surface area contributed by atoms with E-state index in [0.29, 0.717) is 12.8 Å². The van der Waals surface area contributed by atoms with Gasteiger partial charge in [0.2, 0.25) is 0 Å². The quantitative estimate of drug-likeness (QED) is 0.0450. The lowest BCUT2D eigenvalue weighted by molar-refractivity contribution is -0.161. The lowest BCUT2D eigenvalue weighted by Crippen LogP contribution is -2.28. The summed E-state index contributed by atoms with van der Waals surface area (Å²) in [6.45, 7) is 4.07. The first kappa shape index (κ1) is 42.1. The van der Waals surface area contributed by atoms with Gasteiger partial charge in [0.15, 0.2) is 6.10 Å². The zero-order valence-corrected chi connectivity index (χ0v) is 28.9. The lowest BCUT2D eigenvalue weighted by atomic mass is 10.1. The van der Waals surface area contributed by atoms with E-state index in [0.717, 1.165) is 57.8 Å². The van der Waals surface area contributed by atoms with Gasteiger partial charge in [-0.25, -0.2) is 0 Å². The summed E-state index contributed by atoms with van der Waals surface area (Å²) < 4.78 is 10.6. The van der Waals surface area contributed by atoms with Crippen LogP contribution in [-0.4, -0.2) is 36.4 Å². The molecule has 0 unspecified atom stereocenters. The van der Waals surface area contributed by atoms with Crippen molar-refractivity contribution in [3.63, 3.8) is 0 Å². The zero-order chi connectivity index (χ0) is 32.2. The average Bonchev–Trinajstić information content (AvgIpc) is 3.02. The number of aliphatic hydroxyl groups excluding tert-OH is 1. The molecule has 0 aromatic carbocycles. The standard InChI is InChI=1S/C39H70O5/c1-3-5-7-9-11-13-15-17-18-19-20-22-23-25-27-29-31-33-38(41)43-36-37(35-40)44-39(42)34-32-30-28-26-24-21-16-14-12-10-8-6-4-2/h11,13-14,16-18,37,40H,3-10,12,15,19-36H2,1-2H3/t37-/m0/s1. The van der Waals surface area contributed by atoms with Crippen LogP contribution in [0.4, 0.5) is 0 Å². The predicted molar refractivity (Wildman–Crippen MR) is 187 cm³/mol. The molecular formula is C39H70O5. The molecule has 1 atom stereocenters. The van der Waals surface area contributed by atoms with Crippen LogP contribution in [0.5, 0.6) is 0 Å². The Morgan fingerprint density at radius 2 is 0.909 bits per heavy atom. The number of ether oxygens (including phenoxy) is 2. The Bertz CT molecular complexity index is 711. The van der Waals surface area contributed by atoms with E-state index >= 15 is 0 Å². The number of carbonyl (C=O) groups is 2. The highest BCUT2D eigenvalue weighted by molar-refractivity contribution is 5.70. The highest BCUT2D eigenvalue weighted by Gasteiger charge is 2.16. The third kappa shape index (κ3) is 33.0. The van der Waals surface area contributed by atoms with Crippen LogP contribution in [0.25, 0.3) is 0 Å². The van der Waals surface area contributed by atoms with Gasteiger partial charge in [0.25, 0.3) is 0 Å². The molecule has 0 aromatic heterocycles. The molecule has 0 radical (unpaired) electrons. The first-order chi connectivity index (χ1) is 21.6. The second-order valence-electron chi connectivity index (χ2n) is 12.3. The molecule has 5 heteroatoms. The highest BCUT2D eigenvalue weighted by atomic mass is 16.6. The van der Waals surface area contributed by atoms with E-state index in [1.807, 2.05) is 0 Å². The fourth-order valence-corrected chi connectivity index (χ4v) is 5.05. The summed E-state index contributed by atoms with van der Waals surface area (Å²) in [5.41, 5.74) is 0. The van der Waals surface area contributed by atoms with Crippen molar-refractivity contribution >= 4 is 11.9 Å². The molecule has 0 aliphatic rings. The maximum absolute atomic E-state index is 12.1. The molecule has 1 N–H and O–H groups in total. The van der Waals surface area contributed by atoms with E-state index in [1.54, 1.807) is 0 Å². The van der Waals surface area contributed by atoms with Crippen LogP contribution in [0.15, 0.2) is 36.5 Å². The minimum absolute atomic E-state index is 0.0725. The van der Waals surface area contributed by atoms with Gasteiger partial charge < -0.3 is 14.6 Å². The van der Waals surface area contributed by atoms with Crippen LogP contribution in [-0.2, 0) is 19.1 Å². The first-order valence-electron chi connectivity index (χ1n) is 18.5. The molecule has 0 heterocycles. The molecule has 44 heavy (non-hydrogen) atoms. The third-order valence-electron chi connectivity index (χ3n) is 7.91. The van der Waals surface area contributed by atoms with E-state index < -0.39 is 6.10 Å². The van der Waals surface area contributed by atoms with Gasteiger partial charge in [-0.2, -0.15) is 0 Å². The van der Waals surface area contributed by atoms with E-state index in [4.69, 9.17) is 9.47 Å². The molecule has 0 bridgehead atoms. The van der Waals surface area contributed by atoms with Crippen LogP contribution in [0.2, 0.25) is 0 Å². The Kier molecular flexibility index (Phi) is 34.1. The largest absolute Gasteiger partial charge is 0.462 e. The van der Waals surface area contributed by atoms with Gasteiger partial charge in [0.1, 0.15) is 6.61 Å².